The molecule has 2 N–H and O–H groups in total. The molecule has 1 nitrogen and oxygen atoms in total. The molecular formula is C16H20ClN. The van der Waals surface area contributed by atoms with Crippen molar-refractivity contribution in [1.82, 2.24) is 0 Å². The van der Waals surface area contributed by atoms with E-state index < -0.39 is 0 Å². The maximum absolute atomic E-state index is 5.95. The largest absolute Gasteiger partial charge is 0.327 e. The molecule has 2 heteroatoms. The fourth-order valence-corrected chi connectivity index (χ4v) is 1.91. The number of hydrogen-bond acceptors (Lipinski definition) is 1. The highest BCUT2D eigenvalue weighted by molar-refractivity contribution is 5.85. The molecule has 0 spiro atoms. The van der Waals surface area contributed by atoms with Crippen LogP contribution in [0.1, 0.15) is 18.9 Å². The summed E-state index contributed by atoms with van der Waals surface area (Å²) in [6, 6.07) is 19.4. The minimum absolute atomic E-state index is 0. The topological polar surface area (TPSA) is 26.0 Å². The predicted octanol–water partition coefficient (Wildman–Crippen LogP) is 4.06. The zero-order valence-electron chi connectivity index (χ0n) is 10.7. The lowest BCUT2D eigenvalue weighted by atomic mass is 10.0. The van der Waals surface area contributed by atoms with Crippen molar-refractivity contribution in [1.29, 1.82) is 0 Å². The normalized spacial score (nSPS) is 11.7. The molecule has 0 saturated carbocycles. The van der Waals surface area contributed by atoms with E-state index in [4.69, 9.17) is 5.73 Å². The molecule has 1 atom stereocenters. The SMILES string of the molecule is CCC(N)Cc1ccc(-c2ccccc2)cc1.Cl. The number of rotatable bonds is 4. The van der Waals surface area contributed by atoms with Crippen molar-refractivity contribution >= 4 is 12.4 Å². The molecule has 0 radical (unpaired) electrons. The second-order valence-corrected chi connectivity index (χ2v) is 4.44. The van der Waals surface area contributed by atoms with Crippen LogP contribution in [0, 0.1) is 0 Å². The molecule has 96 valence electrons. The van der Waals surface area contributed by atoms with Crippen molar-refractivity contribution in [3.05, 3.63) is 60.2 Å². The highest BCUT2D eigenvalue weighted by atomic mass is 35.5. The van der Waals surface area contributed by atoms with Gasteiger partial charge in [0.1, 0.15) is 0 Å². The van der Waals surface area contributed by atoms with E-state index in [9.17, 15) is 0 Å². The van der Waals surface area contributed by atoms with Gasteiger partial charge in [-0.3, -0.25) is 0 Å². The van der Waals surface area contributed by atoms with Crippen LogP contribution in [0.2, 0.25) is 0 Å². The molecule has 18 heavy (non-hydrogen) atoms. The maximum Gasteiger partial charge on any atom is 0.00766 e. The first-order valence-corrected chi connectivity index (χ1v) is 6.19. The molecule has 0 bridgehead atoms. The molecule has 1 unspecified atom stereocenters. The molecule has 0 amide bonds. The zero-order valence-corrected chi connectivity index (χ0v) is 11.5. The van der Waals surface area contributed by atoms with Gasteiger partial charge in [-0.25, -0.2) is 0 Å². The van der Waals surface area contributed by atoms with E-state index in [0.29, 0.717) is 0 Å². The van der Waals surface area contributed by atoms with E-state index in [0.717, 1.165) is 12.8 Å². The van der Waals surface area contributed by atoms with E-state index in [1.165, 1.54) is 16.7 Å². The quantitative estimate of drug-likeness (QED) is 0.883. The lowest BCUT2D eigenvalue weighted by Gasteiger charge is -2.09. The van der Waals surface area contributed by atoms with Gasteiger partial charge in [-0.05, 0) is 29.5 Å². The van der Waals surface area contributed by atoms with Gasteiger partial charge in [0.05, 0.1) is 0 Å². The first kappa shape index (κ1) is 14.7. The number of hydrogen-bond donors (Lipinski definition) is 1. The highest BCUT2D eigenvalue weighted by Gasteiger charge is 2.02. The van der Waals surface area contributed by atoms with Gasteiger partial charge in [0.15, 0.2) is 0 Å². The van der Waals surface area contributed by atoms with Crippen molar-refractivity contribution < 1.29 is 0 Å². The number of nitrogens with two attached hydrogens (primary N) is 1. The van der Waals surface area contributed by atoms with Gasteiger partial charge in [-0.2, -0.15) is 0 Å². The Morgan fingerprint density at radius 3 is 2.00 bits per heavy atom. The van der Waals surface area contributed by atoms with E-state index in [2.05, 4.69) is 55.5 Å². The first-order chi connectivity index (χ1) is 8.29. The summed E-state index contributed by atoms with van der Waals surface area (Å²) in [5.74, 6) is 0. The van der Waals surface area contributed by atoms with Crippen LogP contribution in [0.5, 0.6) is 0 Å². The first-order valence-electron chi connectivity index (χ1n) is 6.19. The van der Waals surface area contributed by atoms with Crippen LogP contribution in [-0.4, -0.2) is 6.04 Å². The lowest BCUT2D eigenvalue weighted by Crippen LogP contribution is -2.21. The van der Waals surface area contributed by atoms with Gasteiger partial charge >= 0.3 is 0 Å². The second kappa shape index (κ2) is 7.20. The van der Waals surface area contributed by atoms with Crippen molar-refractivity contribution in [2.45, 2.75) is 25.8 Å². The molecule has 0 heterocycles. The number of halogens is 1. The summed E-state index contributed by atoms with van der Waals surface area (Å²) in [6.45, 7) is 2.13. The van der Waals surface area contributed by atoms with Gasteiger partial charge in [-0.15, -0.1) is 12.4 Å². The Morgan fingerprint density at radius 1 is 0.889 bits per heavy atom. The predicted molar refractivity (Wildman–Crippen MR) is 81.1 cm³/mol. The van der Waals surface area contributed by atoms with Crippen LogP contribution in [0.25, 0.3) is 11.1 Å². The fourth-order valence-electron chi connectivity index (χ4n) is 1.91. The van der Waals surface area contributed by atoms with Crippen LogP contribution in [0.15, 0.2) is 54.6 Å². The Morgan fingerprint density at radius 2 is 1.44 bits per heavy atom. The van der Waals surface area contributed by atoms with Crippen LogP contribution in [-0.2, 0) is 6.42 Å². The Hall–Kier alpha value is -1.31. The monoisotopic (exact) mass is 261 g/mol. The highest BCUT2D eigenvalue weighted by Crippen LogP contribution is 2.19. The standard InChI is InChI=1S/C16H19N.ClH/c1-2-16(17)12-13-8-10-15(11-9-13)14-6-4-3-5-7-14;/h3-11,16H,2,12,17H2,1H3;1H. The lowest BCUT2D eigenvalue weighted by molar-refractivity contribution is 0.646. The summed E-state index contributed by atoms with van der Waals surface area (Å²) in [5, 5.41) is 0. The zero-order chi connectivity index (χ0) is 12.1. The smallest absolute Gasteiger partial charge is 0.00766 e. The molecule has 2 aromatic carbocycles. The van der Waals surface area contributed by atoms with E-state index >= 15 is 0 Å². The van der Waals surface area contributed by atoms with Crippen LogP contribution in [0.4, 0.5) is 0 Å². The summed E-state index contributed by atoms with van der Waals surface area (Å²) in [5.41, 5.74) is 9.80. The minimum Gasteiger partial charge on any atom is -0.327 e. The van der Waals surface area contributed by atoms with Crippen LogP contribution < -0.4 is 5.73 Å². The van der Waals surface area contributed by atoms with Crippen molar-refractivity contribution in [2.75, 3.05) is 0 Å². The van der Waals surface area contributed by atoms with E-state index in [-0.39, 0.29) is 18.4 Å². The second-order valence-electron chi connectivity index (χ2n) is 4.44. The minimum atomic E-state index is 0. The Kier molecular flexibility index (Phi) is 5.90. The van der Waals surface area contributed by atoms with Crippen molar-refractivity contribution in [3.8, 4) is 11.1 Å². The summed E-state index contributed by atoms with van der Waals surface area (Å²) in [6.07, 6.45) is 1.99. The third kappa shape index (κ3) is 3.86. The average molecular weight is 262 g/mol. The van der Waals surface area contributed by atoms with Crippen LogP contribution in [0.3, 0.4) is 0 Å². The average Bonchev–Trinajstić information content (AvgIpc) is 2.40. The van der Waals surface area contributed by atoms with E-state index in [1.54, 1.807) is 0 Å². The third-order valence-electron chi connectivity index (χ3n) is 3.08. The molecule has 0 aliphatic rings. The summed E-state index contributed by atoms with van der Waals surface area (Å²) >= 11 is 0. The third-order valence-corrected chi connectivity index (χ3v) is 3.08. The van der Waals surface area contributed by atoms with Crippen molar-refractivity contribution in [2.24, 2.45) is 5.73 Å². The summed E-state index contributed by atoms with van der Waals surface area (Å²) in [7, 11) is 0. The Bertz CT molecular complexity index is 450. The Balaban J connectivity index is 0.00000162. The summed E-state index contributed by atoms with van der Waals surface area (Å²) in [4.78, 5) is 0. The summed E-state index contributed by atoms with van der Waals surface area (Å²) < 4.78 is 0. The van der Waals surface area contributed by atoms with Gasteiger partial charge in [0, 0.05) is 6.04 Å². The Labute approximate surface area is 115 Å². The van der Waals surface area contributed by atoms with Gasteiger partial charge in [-0.1, -0.05) is 61.5 Å². The van der Waals surface area contributed by atoms with Crippen LogP contribution >= 0.6 is 12.4 Å². The van der Waals surface area contributed by atoms with E-state index in [1.807, 2.05) is 6.07 Å². The molecule has 0 aliphatic heterocycles. The number of benzene rings is 2. The fraction of sp³-hybridized carbons (Fsp3) is 0.250. The molecule has 0 fully saturated rings. The van der Waals surface area contributed by atoms with Gasteiger partial charge in [0.2, 0.25) is 0 Å². The molecule has 0 aliphatic carbocycles. The molecule has 2 aromatic rings. The molecule has 2 rings (SSSR count). The van der Waals surface area contributed by atoms with Crippen molar-refractivity contribution in [3.63, 3.8) is 0 Å². The maximum atomic E-state index is 5.95. The van der Waals surface area contributed by atoms with Gasteiger partial charge < -0.3 is 5.73 Å². The van der Waals surface area contributed by atoms with Gasteiger partial charge in [0.25, 0.3) is 0 Å². The molecule has 0 saturated heterocycles. The molecule has 0 aromatic heterocycles. The molecular weight excluding hydrogens is 242 g/mol.